The zero-order valence-corrected chi connectivity index (χ0v) is 19.9. The molecule has 1 fully saturated rings. The molecular formula is C23H27ClN2O5S. The van der Waals surface area contributed by atoms with E-state index < -0.39 is 33.9 Å². The molecular weight excluding hydrogens is 452 g/mol. The van der Waals surface area contributed by atoms with E-state index in [1.165, 1.54) is 16.4 Å². The predicted molar refractivity (Wildman–Crippen MR) is 123 cm³/mol. The lowest BCUT2D eigenvalue weighted by atomic mass is 9.96. The number of rotatable bonds is 9. The molecule has 0 bridgehead atoms. The third kappa shape index (κ3) is 4.98. The van der Waals surface area contributed by atoms with Crippen molar-refractivity contribution in [2.24, 2.45) is 0 Å². The lowest BCUT2D eigenvalue weighted by Gasteiger charge is -2.19. The number of anilines is 1. The highest BCUT2D eigenvalue weighted by Gasteiger charge is 2.52. The summed E-state index contributed by atoms with van der Waals surface area (Å²) in [5.74, 6) is -0.990. The van der Waals surface area contributed by atoms with Gasteiger partial charge in [-0.15, -0.1) is 0 Å². The summed E-state index contributed by atoms with van der Waals surface area (Å²) in [6, 6.07) is 11.6. The van der Waals surface area contributed by atoms with Crippen molar-refractivity contribution >= 4 is 39.2 Å². The Morgan fingerprint density at radius 1 is 1.09 bits per heavy atom. The molecule has 3 rings (SSSR count). The Bertz CT molecular complexity index is 1110. The van der Waals surface area contributed by atoms with Crippen LogP contribution < -0.4 is 5.32 Å². The number of nitrogens with one attached hydrogen (secondary N) is 1. The average molecular weight is 479 g/mol. The van der Waals surface area contributed by atoms with E-state index >= 15 is 0 Å². The van der Waals surface area contributed by atoms with Crippen LogP contribution in [0.4, 0.5) is 5.69 Å². The zero-order valence-electron chi connectivity index (χ0n) is 18.4. The van der Waals surface area contributed by atoms with Crippen molar-refractivity contribution in [2.45, 2.75) is 43.9 Å². The van der Waals surface area contributed by atoms with Crippen LogP contribution in [0.1, 0.15) is 37.8 Å². The van der Waals surface area contributed by atoms with Crippen LogP contribution in [0.15, 0.2) is 47.4 Å². The summed E-state index contributed by atoms with van der Waals surface area (Å²) in [6.45, 7) is 5.53. The van der Waals surface area contributed by atoms with Gasteiger partial charge in [-0.1, -0.05) is 43.6 Å². The van der Waals surface area contributed by atoms with Crippen LogP contribution in [0.5, 0.6) is 0 Å². The van der Waals surface area contributed by atoms with E-state index in [-0.39, 0.29) is 4.90 Å². The average Bonchev–Trinajstić information content (AvgIpc) is 3.56. The first-order valence-corrected chi connectivity index (χ1v) is 12.3. The van der Waals surface area contributed by atoms with Crippen LogP contribution in [-0.4, -0.2) is 44.3 Å². The van der Waals surface area contributed by atoms with Crippen LogP contribution in [0, 0.1) is 6.92 Å². The second-order valence-electron chi connectivity index (χ2n) is 7.78. The van der Waals surface area contributed by atoms with E-state index in [0.717, 1.165) is 5.56 Å². The van der Waals surface area contributed by atoms with Gasteiger partial charge in [0.2, 0.25) is 10.0 Å². The van der Waals surface area contributed by atoms with E-state index in [4.69, 9.17) is 16.3 Å². The maximum atomic E-state index is 12.8. The fraction of sp³-hybridized carbons (Fsp3) is 0.391. The SMILES string of the molecule is CCN(CC)S(=O)(=O)c1ccc(C)c(NC(=O)COC(=O)C2(c3ccc(Cl)cc3)CC2)c1. The number of ether oxygens (including phenoxy) is 1. The Morgan fingerprint density at radius 3 is 2.28 bits per heavy atom. The van der Waals surface area contributed by atoms with E-state index in [2.05, 4.69) is 5.32 Å². The highest BCUT2D eigenvalue weighted by molar-refractivity contribution is 7.89. The first kappa shape index (κ1) is 24.2. The van der Waals surface area contributed by atoms with Crippen LogP contribution >= 0.6 is 11.6 Å². The van der Waals surface area contributed by atoms with Gasteiger partial charge in [-0.3, -0.25) is 9.59 Å². The lowest BCUT2D eigenvalue weighted by Crippen LogP contribution is -2.31. The second-order valence-corrected chi connectivity index (χ2v) is 10.2. The smallest absolute Gasteiger partial charge is 0.317 e. The van der Waals surface area contributed by atoms with Gasteiger partial charge >= 0.3 is 5.97 Å². The molecule has 0 spiro atoms. The van der Waals surface area contributed by atoms with Crippen LogP contribution in [0.2, 0.25) is 5.02 Å². The number of esters is 1. The van der Waals surface area contributed by atoms with Gasteiger partial charge in [-0.25, -0.2) is 8.42 Å². The number of aryl methyl sites for hydroxylation is 1. The van der Waals surface area contributed by atoms with Gasteiger partial charge in [0.25, 0.3) is 5.91 Å². The van der Waals surface area contributed by atoms with Crippen molar-refractivity contribution in [1.82, 2.24) is 4.31 Å². The number of amides is 1. The summed E-state index contributed by atoms with van der Waals surface area (Å²) in [7, 11) is -3.66. The molecule has 1 aliphatic carbocycles. The van der Waals surface area contributed by atoms with Gasteiger partial charge in [0.1, 0.15) is 0 Å². The maximum absolute atomic E-state index is 12.8. The molecule has 0 radical (unpaired) electrons. The van der Waals surface area contributed by atoms with E-state index in [1.54, 1.807) is 51.1 Å². The third-order valence-electron chi connectivity index (χ3n) is 5.70. The van der Waals surface area contributed by atoms with Crippen molar-refractivity contribution in [3.05, 3.63) is 58.6 Å². The summed E-state index contributed by atoms with van der Waals surface area (Å²) < 4.78 is 32.2. The maximum Gasteiger partial charge on any atom is 0.317 e. The van der Waals surface area contributed by atoms with E-state index in [1.807, 2.05) is 0 Å². The van der Waals surface area contributed by atoms with Crippen LogP contribution in [-0.2, 0) is 29.8 Å². The topological polar surface area (TPSA) is 92.8 Å². The molecule has 0 heterocycles. The first-order valence-electron chi connectivity index (χ1n) is 10.5. The summed E-state index contributed by atoms with van der Waals surface area (Å²) in [5.41, 5.74) is 1.15. The molecule has 1 saturated carbocycles. The number of nitrogens with zero attached hydrogens (tertiary/aromatic N) is 1. The predicted octanol–water partition coefficient (Wildman–Crippen LogP) is 3.89. The van der Waals surface area contributed by atoms with E-state index in [9.17, 15) is 18.0 Å². The third-order valence-corrected chi connectivity index (χ3v) is 8.00. The lowest BCUT2D eigenvalue weighted by molar-refractivity contribution is -0.150. The van der Waals surface area contributed by atoms with Crippen molar-refractivity contribution in [3.8, 4) is 0 Å². The second kappa shape index (κ2) is 9.60. The van der Waals surface area contributed by atoms with Gasteiger partial charge in [0.15, 0.2) is 6.61 Å². The number of carbonyl (C=O) groups is 2. The van der Waals surface area contributed by atoms with E-state index in [0.29, 0.717) is 42.2 Å². The Balaban J connectivity index is 1.66. The van der Waals surface area contributed by atoms with Crippen LogP contribution in [0.3, 0.4) is 0 Å². The molecule has 9 heteroatoms. The van der Waals surface area contributed by atoms with Gasteiger partial charge < -0.3 is 10.1 Å². The number of benzene rings is 2. The summed E-state index contributed by atoms with van der Waals surface area (Å²) in [4.78, 5) is 25.2. The number of hydrogen-bond acceptors (Lipinski definition) is 5. The van der Waals surface area contributed by atoms with Gasteiger partial charge in [0, 0.05) is 23.8 Å². The standard InChI is InChI=1S/C23H27ClN2O5S/c1-4-26(5-2)32(29,30)19-11-6-16(3)20(14-19)25-21(27)15-31-22(28)23(12-13-23)17-7-9-18(24)10-8-17/h6-11,14H,4-5,12-13,15H2,1-3H3,(H,25,27). The molecule has 0 atom stereocenters. The molecule has 0 saturated heterocycles. The summed E-state index contributed by atoms with van der Waals surface area (Å²) in [6.07, 6.45) is 1.30. The molecule has 2 aromatic carbocycles. The number of carbonyl (C=O) groups excluding carboxylic acids is 2. The largest absolute Gasteiger partial charge is 0.455 e. The minimum absolute atomic E-state index is 0.0961. The van der Waals surface area contributed by atoms with Crippen molar-refractivity contribution < 1.29 is 22.7 Å². The van der Waals surface area contributed by atoms with Gasteiger partial charge in [-0.2, -0.15) is 4.31 Å². The Labute approximate surface area is 193 Å². The summed E-state index contributed by atoms with van der Waals surface area (Å²) >= 11 is 5.92. The molecule has 7 nitrogen and oxygen atoms in total. The zero-order chi connectivity index (χ0) is 23.5. The molecule has 172 valence electrons. The minimum Gasteiger partial charge on any atom is -0.455 e. The Kier molecular flexibility index (Phi) is 7.27. The summed E-state index contributed by atoms with van der Waals surface area (Å²) in [5, 5.41) is 3.24. The highest BCUT2D eigenvalue weighted by atomic mass is 35.5. The Morgan fingerprint density at radius 2 is 1.72 bits per heavy atom. The molecule has 1 N–H and O–H groups in total. The molecule has 0 unspecified atom stereocenters. The molecule has 2 aromatic rings. The molecule has 32 heavy (non-hydrogen) atoms. The van der Waals surface area contributed by atoms with Crippen molar-refractivity contribution in [3.63, 3.8) is 0 Å². The van der Waals surface area contributed by atoms with Gasteiger partial charge in [0.05, 0.1) is 10.3 Å². The molecule has 1 aliphatic rings. The first-order chi connectivity index (χ1) is 15.1. The number of halogens is 1. The molecule has 1 amide bonds. The monoisotopic (exact) mass is 478 g/mol. The highest BCUT2D eigenvalue weighted by Crippen LogP contribution is 2.49. The Hall–Kier alpha value is -2.42. The fourth-order valence-electron chi connectivity index (χ4n) is 3.57. The molecule has 0 aromatic heterocycles. The van der Waals surface area contributed by atoms with Crippen molar-refractivity contribution in [2.75, 3.05) is 25.0 Å². The quantitative estimate of drug-likeness (QED) is 0.552. The number of sulfonamides is 1. The minimum atomic E-state index is -3.66. The molecule has 0 aliphatic heterocycles. The number of hydrogen-bond donors (Lipinski definition) is 1. The van der Waals surface area contributed by atoms with Crippen molar-refractivity contribution in [1.29, 1.82) is 0 Å². The normalized spacial score (nSPS) is 14.8. The van der Waals surface area contributed by atoms with Gasteiger partial charge in [-0.05, 0) is 55.2 Å². The van der Waals surface area contributed by atoms with Crippen LogP contribution in [0.25, 0.3) is 0 Å². The fourth-order valence-corrected chi connectivity index (χ4v) is 5.18.